The molecule has 0 amide bonds. The summed E-state index contributed by atoms with van der Waals surface area (Å²) < 4.78 is 10.7. The number of carbonyl (C=O) groups excluding carboxylic acids is 1. The molecule has 0 saturated carbocycles. The number of nitrogens with two attached hydrogens (primary N) is 1. The predicted octanol–water partition coefficient (Wildman–Crippen LogP) is -0.194. The smallest absolute Gasteiger partial charge is 0.337 e. The number of rotatable bonds is 1. The lowest BCUT2D eigenvalue weighted by Crippen LogP contribution is -1.98. The summed E-state index contributed by atoms with van der Waals surface area (Å²) in [6, 6.07) is 0. The molecule has 0 heterocycles. The Morgan fingerprint density at radius 3 is 2.71 bits per heavy atom. The van der Waals surface area contributed by atoms with Crippen molar-refractivity contribution in [1.82, 2.24) is 0 Å². The standard InChI is InChI=1S/C3H6INO2/c1-7-3(6)2-4-5/h2H,5H2,1H3. The summed E-state index contributed by atoms with van der Waals surface area (Å²) in [6.07, 6.45) is 0. The highest BCUT2D eigenvalue weighted by atomic mass is 127. The van der Waals surface area contributed by atoms with Gasteiger partial charge >= 0.3 is 5.97 Å². The van der Waals surface area contributed by atoms with Crippen molar-refractivity contribution < 1.29 is 9.53 Å². The van der Waals surface area contributed by atoms with Crippen LogP contribution in [-0.4, -0.2) is 17.1 Å². The molecule has 0 saturated heterocycles. The second-order valence-electron chi connectivity index (χ2n) is 0.758. The van der Waals surface area contributed by atoms with Crippen LogP contribution in [0.15, 0.2) is 0 Å². The van der Waals surface area contributed by atoms with E-state index in [2.05, 4.69) is 4.74 Å². The van der Waals surface area contributed by atoms with Crippen LogP contribution in [0.1, 0.15) is 0 Å². The van der Waals surface area contributed by atoms with Gasteiger partial charge in [0, 0.05) is 0 Å². The minimum Gasteiger partial charge on any atom is -0.466 e. The van der Waals surface area contributed by atoms with Crippen LogP contribution in [0.3, 0.4) is 0 Å². The number of hydrogen-bond donors (Lipinski definition) is 1. The monoisotopic (exact) mass is 215 g/mol. The molecule has 0 aliphatic heterocycles. The summed E-state index contributed by atoms with van der Waals surface area (Å²) in [6.45, 7) is 0. The van der Waals surface area contributed by atoms with Gasteiger partial charge in [-0.15, -0.1) is 0 Å². The van der Waals surface area contributed by atoms with E-state index in [4.69, 9.17) is 3.95 Å². The van der Waals surface area contributed by atoms with Gasteiger partial charge in [-0.1, -0.05) is 0 Å². The highest BCUT2D eigenvalue weighted by Gasteiger charge is 1.85. The molecule has 3 nitrogen and oxygen atoms in total. The Morgan fingerprint density at radius 1 is 2.00 bits per heavy atom. The van der Waals surface area contributed by atoms with Gasteiger partial charge in [-0.3, -0.25) is 3.95 Å². The third-order valence-electron chi connectivity index (χ3n) is 0.353. The van der Waals surface area contributed by atoms with Crippen LogP contribution in [-0.2, 0) is 9.53 Å². The van der Waals surface area contributed by atoms with Gasteiger partial charge in [-0.2, -0.15) is 0 Å². The summed E-state index contributed by atoms with van der Waals surface area (Å²) in [5.41, 5.74) is 0. The van der Waals surface area contributed by atoms with Crippen molar-refractivity contribution in [1.29, 1.82) is 0 Å². The Balaban J connectivity index is 3.37. The molecule has 7 heavy (non-hydrogen) atoms. The summed E-state index contributed by atoms with van der Waals surface area (Å²) in [5.74, 6) is -0.324. The maximum Gasteiger partial charge on any atom is 0.337 e. The summed E-state index contributed by atoms with van der Waals surface area (Å²) in [7, 11) is 1.33. The van der Waals surface area contributed by atoms with E-state index in [0.29, 0.717) is 0 Å². The van der Waals surface area contributed by atoms with Gasteiger partial charge in [0.25, 0.3) is 0 Å². The molecule has 0 bridgehead atoms. The molecule has 0 aromatic carbocycles. The molecular weight excluding hydrogens is 209 g/mol. The van der Waals surface area contributed by atoms with Crippen LogP contribution in [0.5, 0.6) is 0 Å². The summed E-state index contributed by atoms with van der Waals surface area (Å²) in [5, 5.41) is 0. The van der Waals surface area contributed by atoms with Crippen molar-refractivity contribution in [2.45, 2.75) is 0 Å². The summed E-state index contributed by atoms with van der Waals surface area (Å²) >= 11 is -0.539. The van der Waals surface area contributed by atoms with Gasteiger partial charge in [-0.05, 0) is 21.0 Å². The number of hydrogen-bond acceptors (Lipinski definition) is 3. The molecule has 0 aromatic heterocycles. The first-order valence-corrected chi connectivity index (χ1v) is 4.03. The SMILES string of the molecule is COC(=O)C=IN. The topological polar surface area (TPSA) is 52.3 Å². The van der Waals surface area contributed by atoms with Crippen LogP contribution in [0.25, 0.3) is 0 Å². The Bertz CT molecular complexity index is 90.9. The fourth-order valence-electron chi connectivity index (χ4n) is 0.0960. The molecule has 0 radical (unpaired) electrons. The van der Waals surface area contributed by atoms with Gasteiger partial charge < -0.3 is 4.74 Å². The van der Waals surface area contributed by atoms with Crippen LogP contribution >= 0.6 is 21.0 Å². The first kappa shape index (κ1) is 7.03. The molecule has 0 aliphatic rings. The van der Waals surface area contributed by atoms with Gasteiger partial charge in [0.2, 0.25) is 0 Å². The fraction of sp³-hybridized carbons (Fsp3) is 0.333. The van der Waals surface area contributed by atoms with E-state index in [0.717, 1.165) is 0 Å². The largest absolute Gasteiger partial charge is 0.466 e. The first-order valence-electron chi connectivity index (χ1n) is 1.54. The molecule has 0 spiro atoms. The zero-order valence-corrected chi connectivity index (χ0v) is 6.01. The quantitative estimate of drug-likeness (QED) is 0.374. The Labute approximate surface area is 51.9 Å². The van der Waals surface area contributed by atoms with Crippen LogP contribution in [0.2, 0.25) is 0 Å². The highest BCUT2D eigenvalue weighted by Crippen LogP contribution is 1.75. The zero-order valence-electron chi connectivity index (χ0n) is 3.85. The Kier molecular flexibility index (Phi) is 4.21. The molecule has 0 aromatic rings. The third-order valence-corrected chi connectivity index (χ3v) is 1.22. The minimum atomic E-state index is -0.539. The van der Waals surface area contributed by atoms with Crippen LogP contribution in [0, 0.1) is 0 Å². The van der Waals surface area contributed by atoms with E-state index >= 15 is 0 Å². The van der Waals surface area contributed by atoms with Crippen molar-refractivity contribution in [3.05, 3.63) is 0 Å². The normalized spacial score (nSPS) is 10.6. The number of ether oxygens (including phenoxy) is 1. The molecule has 0 unspecified atom stereocenters. The average Bonchev–Trinajstić information content (AvgIpc) is 1.68. The van der Waals surface area contributed by atoms with E-state index < -0.39 is 21.0 Å². The number of carbonyl (C=O) groups is 1. The highest BCUT2D eigenvalue weighted by molar-refractivity contribution is 14.2. The zero-order chi connectivity index (χ0) is 5.70. The van der Waals surface area contributed by atoms with Crippen molar-refractivity contribution in [3.8, 4) is 0 Å². The first-order chi connectivity index (χ1) is 3.31. The van der Waals surface area contributed by atoms with Crippen molar-refractivity contribution in [2.75, 3.05) is 7.11 Å². The summed E-state index contributed by atoms with van der Waals surface area (Å²) in [4.78, 5) is 10.1. The third kappa shape index (κ3) is 3.87. The second-order valence-corrected chi connectivity index (χ2v) is 2.10. The van der Waals surface area contributed by atoms with Gasteiger partial charge in [0.15, 0.2) is 0 Å². The molecule has 0 rings (SSSR count). The molecule has 0 fully saturated rings. The van der Waals surface area contributed by atoms with Crippen LogP contribution < -0.4 is 3.95 Å². The molecule has 4 heteroatoms. The minimum absolute atomic E-state index is 0.324. The maximum absolute atomic E-state index is 10.1. The van der Waals surface area contributed by atoms with Crippen molar-refractivity contribution in [2.24, 2.45) is 3.95 Å². The van der Waals surface area contributed by atoms with E-state index in [1.807, 2.05) is 0 Å². The molecule has 42 valence electrons. The molecule has 0 aliphatic carbocycles. The molecule has 0 atom stereocenters. The Morgan fingerprint density at radius 2 is 2.57 bits per heavy atom. The lowest BCUT2D eigenvalue weighted by Gasteiger charge is -1.83. The Hall–Kier alpha value is 0.0300. The average molecular weight is 215 g/mol. The van der Waals surface area contributed by atoms with E-state index in [-0.39, 0.29) is 5.97 Å². The lowest BCUT2D eigenvalue weighted by atomic mass is 10.8. The fourth-order valence-corrected chi connectivity index (χ4v) is 0.644. The van der Waals surface area contributed by atoms with Gasteiger partial charge in [0.1, 0.15) is 0 Å². The number of halogens is 1. The van der Waals surface area contributed by atoms with E-state index in [1.54, 1.807) is 0 Å². The second kappa shape index (κ2) is 4.20. The maximum atomic E-state index is 10.1. The number of esters is 1. The van der Waals surface area contributed by atoms with Crippen molar-refractivity contribution >= 4 is 31.0 Å². The number of methoxy groups -OCH3 is 1. The van der Waals surface area contributed by atoms with E-state index in [9.17, 15) is 4.79 Å². The van der Waals surface area contributed by atoms with E-state index in [1.165, 1.54) is 11.1 Å². The molecule has 2 N–H and O–H groups in total. The van der Waals surface area contributed by atoms with Crippen LogP contribution in [0.4, 0.5) is 0 Å². The van der Waals surface area contributed by atoms with Gasteiger partial charge in [0.05, 0.1) is 11.1 Å². The van der Waals surface area contributed by atoms with Gasteiger partial charge in [-0.25, -0.2) is 4.79 Å². The van der Waals surface area contributed by atoms with Crippen molar-refractivity contribution in [3.63, 3.8) is 0 Å². The lowest BCUT2D eigenvalue weighted by molar-refractivity contribution is -0.131. The molecular formula is C3H6INO2. The predicted molar refractivity (Wildman–Crippen MR) is 36.3 cm³/mol.